The van der Waals surface area contributed by atoms with Gasteiger partial charge >= 0.3 is 5.97 Å². The number of anilines is 1. The number of allylic oxidation sites excluding steroid dienone is 6. The summed E-state index contributed by atoms with van der Waals surface area (Å²) in [5.41, 5.74) is 1.07. The molecule has 0 fully saturated rings. The van der Waals surface area contributed by atoms with Crippen LogP contribution < -0.4 is 9.74 Å². The van der Waals surface area contributed by atoms with Crippen molar-refractivity contribution in [2.24, 2.45) is 0 Å². The van der Waals surface area contributed by atoms with Gasteiger partial charge in [-0.3, -0.25) is 27.3 Å². The van der Waals surface area contributed by atoms with Crippen LogP contribution in [0.4, 0.5) is 11.4 Å². The first-order valence-electron chi connectivity index (χ1n) is 25.6. The Morgan fingerprint density at radius 1 is 0.600 bits per heavy atom. The molecule has 2 aliphatic heterocycles. The fraction of sp³-hybridized carbons (Fsp3) is 0.296. The van der Waals surface area contributed by atoms with Gasteiger partial charge in [-0.2, -0.15) is 55.1 Å². The van der Waals surface area contributed by atoms with Gasteiger partial charge in [0.15, 0.2) is 5.71 Å². The number of hydrogen-bond acceptors (Lipinski definition) is 17. The second-order valence-electron chi connectivity index (χ2n) is 21.3. The number of carbonyl (C=O) groups is 1. The number of aromatic hydroxyl groups is 2. The average Bonchev–Trinajstić information content (AvgIpc) is 1.65. The fourth-order valence-electron chi connectivity index (χ4n) is 11.0. The number of hydrogen-bond donors (Lipinski definition) is 8. The van der Waals surface area contributed by atoms with Crippen molar-refractivity contribution in [3.8, 4) is 11.8 Å². The van der Waals surface area contributed by atoms with Crippen molar-refractivity contribution in [1.82, 2.24) is 4.73 Å². The molecular weight excluding hydrogens is 1230 g/mol. The van der Waals surface area contributed by atoms with E-state index in [-0.39, 0.29) is 65.0 Å². The van der Waals surface area contributed by atoms with E-state index in [1.54, 1.807) is 73.6 Å². The lowest BCUT2D eigenvalue weighted by atomic mass is 9.78. The summed E-state index contributed by atoms with van der Waals surface area (Å²) >= 11 is 0. The van der Waals surface area contributed by atoms with Crippen LogP contribution in [-0.2, 0) is 82.8 Å². The van der Waals surface area contributed by atoms with Crippen LogP contribution in [0.3, 0.4) is 0 Å². The molecule has 5 aromatic carbocycles. The zero-order valence-electron chi connectivity index (χ0n) is 45.5. The predicted octanol–water partition coefficient (Wildman–Crippen LogP) is 6.81. The van der Waals surface area contributed by atoms with E-state index in [1.165, 1.54) is 24.3 Å². The Morgan fingerprint density at radius 2 is 1.15 bits per heavy atom. The van der Waals surface area contributed by atoms with E-state index < -0.39 is 120 Å². The van der Waals surface area contributed by atoms with E-state index in [4.69, 9.17) is 4.84 Å². The zero-order chi connectivity index (χ0) is 62.8. The third-order valence-electron chi connectivity index (χ3n) is 14.7. The smallest absolute Gasteiger partial charge is 0.333 e. The largest absolute Gasteiger partial charge is 0.492 e. The van der Waals surface area contributed by atoms with Crippen LogP contribution in [0.5, 0.6) is 11.8 Å². The maximum atomic E-state index is 12.8. The summed E-state index contributed by atoms with van der Waals surface area (Å²) in [6.45, 7) is 6.53. The van der Waals surface area contributed by atoms with Gasteiger partial charge in [0.2, 0.25) is 17.4 Å². The molecule has 8 rings (SSSR count). The summed E-state index contributed by atoms with van der Waals surface area (Å²) in [6.07, 6.45) is 7.25. The molecule has 2 aliphatic rings. The van der Waals surface area contributed by atoms with Gasteiger partial charge in [-0.05, 0) is 121 Å². The van der Waals surface area contributed by atoms with E-state index in [2.05, 4.69) is 0 Å². The van der Waals surface area contributed by atoms with Gasteiger partial charge in [0.1, 0.15) is 16.3 Å². The molecule has 0 aliphatic carbocycles. The van der Waals surface area contributed by atoms with Gasteiger partial charge in [0, 0.05) is 76.8 Å². The van der Waals surface area contributed by atoms with E-state index in [0.29, 0.717) is 70.0 Å². The lowest BCUT2D eigenvalue weighted by Crippen LogP contribution is -2.28. The van der Waals surface area contributed by atoms with Crippen molar-refractivity contribution in [2.75, 3.05) is 29.5 Å². The Hall–Kier alpha value is -6.88. The number of rotatable bonds is 22. The summed E-state index contributed by atoms with van der Waals surface area (Å²) in [5, 5.41) is 19.5. The molecule has 8 N–H and O–H groups in total. The Balaban J connectivity index is 1.32. The molecule has 31 heteroatoms. The number of aromatic nitrogens is 1. The van der Waals surface area contributed by atoms with E-state index in [1.807, 2.05) is 12.1 Å². The number of aryl methyl sites for hydroxylation is 1. The Kier molecular flexibility index (Phi) is 17.4. The van der Waals surface area contributed by atoms with Crippen molar-refractivity contribution in [3.63, 3.8) is 0 Å². The summed E-state index contributed by atoms with van der Waals surface area (Å²) < 4.78 is 213. The van der Waals surface area contributed by atoms with Crippen molar-refractivity contribution in [3.05, 3.63) is 137 Å². The monoisotopic (exact) mass is 1290 g/mol. The molecule has 0 saturated heterocycles. The first-order valence-corrected chi connectivity index (χ1v) is 34.6. The summed E-state index contributed by atoms with van der Waals surface area (Å²) in [6, 6.07) is 18.2. The predicted molar refractivity (Wildman–Crippen MR) is 311 cm³/mol. The van der Waals surface area contributed by atoms with Crippen LogP contribution in [0.1, 0.15) is 82.1 Å². The van der Waals surface area contributed by atoms with Gasteiger partial charge in [-0.1, -0.05) is 50.3 Å². The fourth-order valence-corrected chi connectivity index (χ4v) is 14.7. The first-order chi connectivity index (χ1) is 39.2. The van der Waals surface area contributed by atoms with E-state index in [9.17, 15) is 92.8 Å². The van der Waals surface area contributed by atoms with Crippen molar-refractivity contribution >= 4 is 111 Å². The van der Waals surface area contributed by atoms with E-state index in [0.717, 1.165) is 29.8 Å². The molecule has 0 spiro atoms. The van der Waals surface area contributed by atoms with Crippen LogP contribution in [0.2, 0.25) is 0 Å². The van der Waals surface area contributed by atoms with Gasteiger partial charge in [0.05, 0.1) is 26.7 Å². The molecule has 456 valence electrons. The zero-order valence-corrected chi connectivity index (χ0v) is 50.4. The minimum Gasteiger partial charge on any atom is -0.492 e. The molecule has 0 saturated carbocycles. The summed E-state index contributed by atoms with van der Waals surface area (Å²) in [4.78, 5) is 16.0. The highest BCUT2D eigenvalue weighted by atomic mass is 32.2. The molecule has 85 heavy (non-hydrogen) atoms. The third-order valence-corrected chi connectivity index (χ3v) is 19.8. The normalized spacial score (nSPS) is 16.3. The number of nitrogens with zero attached hydrogens (tertiary/aromatic N) is 3. The number of benzene rings is 5. The maximum Gasteiger partial charge on any atom is 0.333 e. The molecular formula is C54H58N3O22S6+. The average molecular weight is 1290 g/mol. The van der Waals surface area contributed by atoms with Crippen LogP contribution in [-0.4, -0.2) is 134 Å². The molecule has 6 aromatic rings. The lowest BCUT2D eigenvalue weighted by Gasteiger charge is -2.27. The second kappa shape index (κ2) is 23.1. The molecule has 0 unspecified atom stereocenters. The second-order valence-corrected chi connectivity index (χ2v) is 30.1. The number of unbranched alkanes of at least 4 members (excludes halogenated alkanes) is 1. The molecule has 1 aromatic heterocycles. The third kappa shape index (κ3) is 13.9. The first kappa shape index (κ1) is 64.1. The number of carbonyl (C=O) groups excluding carboxylic acids is 1. The van der Waals surface area contributed by atoms with E-state index >= 15 is 0 Å². The molecule has 0 amide bonds. The highest BCUT2D eigenvalue weighted by molar-refractivity contribution is 7.87. The molecule has 0 radical (unpaired) electrons. The van der Waals surface area contributed by atoms with Crippen LogP contribution in [0.25, 0.3) is 27.1 Å². The van der Waals surface area contributed by atoms with Crippen molar-refractivity contribution in [1.29, 1.82) is 0 Å². The van der Waals surface area contributed by atoms with Gasteiger partial charge in [0.25, 0.3) is 60.7 Å². The Bertz CT molecular complexity index is 4600. The molecule has 3 heterocycles. The lowest BCUT2D eigenvalue weighted by molar-refractivity contribution is -0.437. The topological polar surface area (TPSA) is 404 Å². The van der Waals surface area contributed by atoms with Crippen molar-refractivity contribution < 1.29 is 102 Å². The maximum absolute atomic E-state index is 12.8. The molecule has 0 atom stereocenters. The summed E-state index contributed by atoms with van der Waals surface area (Å²) in [7, 11) is -29.6. The molecule has 0 bridgehead atoms. The van der Waals surface area contributed by atoms with Crippen LogP contribution in [0, 0.1) is 0 Å². The highest BCUT2D eigenvalue weighted by Gasteiger charge is 2.47. The van der Waals surface area contributed by atoms with Crippen LogP contribution >= 0.6 is 0 Å². The highest BCUT2D eigenvalue weighted by Crippen LogP contribution is 2.52. The standard InChI is InChI=1S/C54H57N3O22S6/c1-53(2)46(55(24-8-26-80(61,62)63)42-18-16-38-40(51(42)53)29-36(82(67,68)69)31-44(38)84(73,74)75)20-14-34(35-12-7-11-33(28-35)10-5-6-13-50(60)79-57-48(58)22-23-49(57)59)15-21-47-54(3,4)52-41-30-37(83(70,71)72)32-45(85(76,77)78)39(41)17-19-43(52)56(47)25-9-27-81(64,65)66/h7,11-12,14-23,28-32H,5-6,8-10,13,24-27H2,1-4H3,(H7-,58,59,61,62,63,64,65,66,67,68,69,70,71,72,73,74,75,76,77,78)/p+1. The quantitative estimate of drug-likeness (QED) is 0.0150. The number of fused-ring (bicyclic) bond motifs is 6. The van der Waals surface area contributed by atoms with Gasteiger partial charge in [-0.25, -0.2) is 4.79 Å². The SMILES string of the molecule is CC1(C)C(=CC=C(C=CC2=[N+](CCCS(=O)(=O)O)c3ccc4c(S(=O)(=O)O)cc(S(=O)(=O)O)cc4c3C2(C)C)c2cccc(CCCCC(=O)On3c(O)ccc3O)c2)N(CCCS(=O)(=O)O)c2ccc3c(S(=O)(=O)O)cc(S(=O)(=O)O)cc3c21. The van der Waals surface area contributed by atoms with Gasteiger partial charge in [-0.15, -0.1) is 4.73 Å². The minimum atomic E-state index is -5.15. The molecule has 25 nitrogen and oxygen atoms in total. The Morgan fingerprint density at radius 3 is 1.71 bits per heavy atom. The van der Waals surface area contributed by atoms with Gasteiger partial charge < -0.3 is 20.0 Å². The Labute approximate surface area is 490 Å². The van der Waals surface area contributed by atoms with Crippen molar-refractivity contribution in [2.45, 2.75) is 96.6 Å². The van der Waals surface area contributed by atoms with Crippen LogP contribution in [0.15, 0.2) is 135 Å². The summed E-state index contributed by atoms with van der Waals surface area (Å²) in [5.74, 6) is -3.17. The minimum absolute atomic E-state index is 0.0343.